The number of esters is 1. The highest BCUT2D eigenvalue weighted by atomic mass is 35.5. The highest BCUT2D eigenvalue weighted by molar-refractivity contribution is 6.31. The van der Waals surface area contributed by atoms with Crippen LogP contribution in [0.15, 0.2) is 42.6 Å². The molecule has 0 radical (unpaired) electrons. The van der Waals surface area contributed by atoms with Crippen LogP contribution in [-0.2, 0) is 16.1 Å². The fraction of sp³-hybridized carbons (Fsp3) is 0.235. The van der Waals surface area contributed by atoms with Crippen molar-refractivity contribution in [3.05, 3.63) is 58.7 Å². The smallest absolute Gasteiger partial charge is 0.344 e. The van der Waals surface area contributed by atoms with Crippen molar-refractivity contribution in [2.75, 3.05) is 13.2 Å². The summed E-state index contributed by atoms with van der Waals surface area (Å²) in [4.78, 5) is 27.8. The summed E-state index contributed by atoms with van der Waals surface area (Å²) in [6, 6.07) is 10.3. The van der Waals surface area contributed by atoms with E-state index in [1.807, 2.05) is 6.07 Å². The average Bonchev–Trinajstić information content (AvgIpc) is 2.60. The van der Waals surface area contributed by atoms with E-state index in [2.05, 4.69) is 10.3 Å². The molecule has 7 heteroatoms. The molecule has 1 N–H and O–H groups in total. The quantitative estimate of drug-likeness (QED) is 0.778. The molecule has 1 aromatic heterocycles. The summed E-state index contributed by atoms with van der Waals surface area (Å²) in [6.07, 6.45) is 1.51. The molecule has 0 spiro atoms. The van der Waals surface area contributed by atoms with E-state index in [1.54, 1.807) is 31.2 Å². The van der Waals surface area contributed by atoms with E-state index in [0.717, 1.165) is 5.56 Å². The SMILES string of the molecule is CCOc1ncccc1C(=O)OCC(=O)NCc1ccccc1Cl. The minimum absolute atomic E-state index is 0.179. The number of nitrogens with one attached hydrogen (secondary N) is 1. The van der Waals surface area contributed by atoms with Gasteiger partial charge in [-0.25, -0.2) is 9.78 Å². The molecule has 0 aliphatic rings. The molecule has 0 bridgehead atoms. The Labute approximate surface area is 144 Å². The molecule has 2 rings (SSSR count). The van der Waals surface area contributed by atoms with Crippen LogP contribution in [-0.4, -0.2) is 30.1 Å². The van der Waals surface area contributed by atoms with Gasteiger partial charge >= 0.3 is 5.97 Å². The predicted molar refractivity (Wildman–Crippen MR) is 89.0 cm³/mol. The van der Waals surface area contributed by atoms with Gasteiger partial charge in [0.2, 0.25) is 5.88 Å². The van der Waals surface area contributed by atoms with Crippen molar-refractivity contribution >= 4 is 23.5 Å². The Kier molecular flexibility index (Phi) is 6.57. The summed E-state index contributed by atoms with van der Waals surface area (Å²) < 4.78 is 10.2. The second-order valence-corrected chi connectivity index (χ2v) is 5.14. The Balaban J connectivity index is 1.85. The highest BCUT2D eigenvalue weighted by Gasteiger charge is 2.16. The van der Waals surface area contributed by atoms with Gasteiger partial charge in [-0.05, 0) is 30.7 Å². The van der Waals surface area contributed by atoms with Crippen LogP contribution >= 0.6 is 11.6 Å². The number of carbonyl (C=O) groups excluding carboxylic acids is 2. The third kappa shape index (κ3) is 4.96. The molecule has 0 atom stereocenters. The number of hydrogen-bond acceptors (Lipinski definition) is 5. The zero-order valence-corrected chi connectivity index (χ0v) is 13.9. The maximum atomic E-state index is 12.0. The molecular formula is C17H17ClN2O4. The minimum atomic E-state index is -0.667. The molecule has 1 heterocycles. The Morgan fingerprint density at radius 3 is 2.75 bits per heavy atom. The maximum Gasteiger partial charge on any atom is 0.344 e. The van der Waals surface area contributed by atoms with E-state index < -0.39 is 18.5 Å². The molecule has 0 unspecified atom stereocenters. The first-order valence-electron chi connectivity index (χ1n) is 7.37. The van der Waals surface area contributed by atoms with Gasteiger partial charge in [-0.15, -0.1) is 0 Å². The van der Waals surface area contributed by atoms with Crippen molar-refractivity contribution in [2.45, 2.75) is 13.5 Å². The molecule has 0 fully saturated rings. The molecule has 2 aromatic rings. The average molecular weight is 349 g/mol. The van der Waals surface area contributed by atoms with E-state index in [4.69, 9.17) is 21.1 Å². The standard InChI is InChI=1S/C17H17ClN2O4/c1-2-23-16-13(7-5-9-19-16)17(22)24-11-15(21)20-10-12-6-3-4-8-14(12)18/h3-9H,2,10-11H2,1H3,(H,20,21). The lowest BCUT2D eigenvalue weighted by Crippen LogP contribution is -2.28. The van der Waals surface area contributed by atoms with Crippen molar-refractivity contribution in [3.8, 4) is 5.88 Å². The molecule has 126 valence electrons. The van der Waals surface area contributed by atoms with Crippen molar-refractivity contribution < 1.29 is 19.1 Å². The first-order valence-corrected chi connectivity index (χ1v) is 7.74. The minimum Gasteiger partial charge on any atom is -0.477 e. The van der Waals surface area contributed by atoms with Crippen molar-refractivity contribution in [3.63, 3.8) is 0 Å². The van der Waals surface area contributed by atoms with Gasteiger partial charge in [-0.3, -0.25) is 4.79 Å². The van der Waals surface area contributed by atoms with Crippen LogP contribution in [0.3, 0.4) is 0 Å². The third-order valence-electron chi connectivity index (χ3n) is 3.04. The number of halogens is 1. The van der Waals surface area contributed by atoms with Crippen LogP contribution in [0.5, 0.6) is 5.88 Å². The number of benzene rings is 1. The largest absolute Gasteiger partial charge is 0.477 e. The number of hydrogen-bond donors (Lipinski definition) is 1. The number of carbonyl (C=O) groups is 2. The van der Waals surface area contributed by atoms with E-state index in [1.165, 1.54) is 12.3 Å². The molecule has 24 heavy (non-hydrogen) atoms. The Morgan fingerprint density at radius 2 is 2.00 bits per heavy atom. The molecule has 0 saturated heterocycles. The van der Waals surface area contributed by atoms with Crippen LogP contribution in [0, 0.1) is 0 Å². The maximum absolute atomic E-state index is 12.0. The first kappa shape index (κ1) is 17.7. The number of pyridine rings is 1. The van der Waals surface area contributed by atoms with Gasteiger partial charge in [0.05, 0.1) is 6.61 Å². The summed E-state index contributed by atoms with van der Waals surface area (Å²) in [6.45, 7) is 2.01. The molecule has 0 saturated carbocycles. The lowest BCUT2D eigenvalue weighted by atomic mass is 10.2. The van der Waals surface area contributed by atoms with Crippen LogP contribution in [0.2, 0.25) is 5.02 Å². The van der Waals surface area contributed by atoms with Crippen molar-refractivity contribution in [1.29, 1.82) is 0 Å². The molecule has 0 aliphatic heterocycles. The molecule has 1 amide bonds. The molecule has 1 aromatic carbocycles. The Morgan fingerprint density at radius 1 is 1.21 bits per heavy atom. The Bertz CT molecular complexity index is 721. The van der Waals surface area contributed by atoms with Crippen LogP contribution < -0.4 is 10.1 Å². The van der Waals surface area contributed by atoms with Crippen molar-refractivity contribution in [2.24, 2.45) is 0 Å². The topological polar surface area (TPSA) is 77.5 Å². The van der Waals surface area contributed by atoms with E-state index in [0.29, 0.717) is 11.6 Å². The number of nitrogens with zero attached hydrogens (tertiary/aromatic N) is 1. The van der Waals surface area contributed by atoms with Gasteiger partial charge in [0, 0.05) is 17.8 Å². The van der Waals surface area contributed by atoms with Crippen LogP contribution in [0.4, 0.5) is 0 Å². The molecule has 6 nitrogen and oxygen atoms in total. The van der Waals surface area contributed by atoms with Gasteiger partial charge in [0.1, 0.15) is 5.56 Å². The normalized spacial score (nSPS) is 10.1. The highest BCUT2D eigenvalue weighted by Crippen LogP contribution is 2.16. The third-order valence-corrected chi connectivity index (χ3v) is 3.41. The number of aromatic nitrogens is 1. The Hall–Kier alpha value is -2.60. The number of rotatable bonds is 7. The zero-order chi connectivity index (χ0) is 17.4. The van der Waals surface area contributed by atoms with Crippen LogP contribution in [0.25, 0.3) is 0 Å². The van der Waals surface area contributed by atoms with Gasteiger partial charge in [0.25, 0.3) is 5.91 Å². The lowest BCUT2D eigenvalue weighted by Gasteiger charge is -2.09. The lowest BCUT2D eigenvalue weighted by molar-refractivity contribution is -0.124. The summed E-state index contributed by atoms with van der Waals surface area (Å²) in [5.74, 6) is -0.911. The van der Waals surface area contributed by atoms with E-state index >= 15 is 0 Å². The zero-order valence-electron chi connectivity index (χ0n) is 13.1. The van der Waals surface area contributed by atoms with E-state index in [-0.39, 0.29) is 18.0 Å². The summed E-state index contributed by atoms with van der Waals surface area (Å²) in [5.41, 5.74) is 0.961. The number of amides is 1. The van der Waals surface area contributed by atoms with E-state index in [9.17, 15) is 9.59 Å². The summed E-state index contributed by atoms with van der Waals surface area (Å²) in [7, 11) is 0. The second kappa shape index (κ2) is 8.88. The van der Waals surface area contributed by atoms with Gasteiger partial charge in [-0.1, -0.05) is 29.8 Å². The fourth-order valence-corrected chi connectivity index (χ4v) is 2.10. The number of ether oxygens (including phenoxy) is 2. The van der Waals surface area contributed by atoms with Gasteiger partial charge < -0.3 is 14.8 Å². The van der Waals surface area contributed by atoms with Gasteiger partial charge in [0.15, 0.2) is 6.61 Å². The fourth-order valence-electron chi connectivity index (χ4n) is 1.89. The summed E-state index contributed by atoms with van der Waals surface area (Å²) in [5, 5.41) is 3.20. The second-order valence-electron chi connectivity index (χ2n) is 4.73. The summed E-state index contributed by atoms with van der Waals surface area (Å²) >= 11 is 6.00. The molecular weight excluding hydrogens is 332 g/mol. The van der Waals surface area contributed by atoms with Gasteiger partial charge in [-0.2, -0.15) is 0 Å². The first-order chi connectivity index (χ1) is 11.6. The predicted octanol–water partition coefficient (Wildman–Crippen LogP) is 2.61. The monoisotopic (exact) mass is 348 g/mol. The van der Waals surface area contributed by atoms with Crippen LogP contribution in [0.1, 0.15) is 22.8 Å². The van der Waals surface area contributed by atoms with Crippen molar-refractivity contribution in [1.82, 2.24) is 10.3 Å². The molecule has 0 aliphatic carbocycles.